The van der Waals surface area contributed by atoms with Gasteiger partial charge in [-0.2, -0.15) is 0 Å². The maximum absolute atomic E-state index is 11.5. The Labute approximate surface area is 112 Å². The monoisotopic (exact) mass is 265 g/mol. The third-order valence-corrected chi connectivity index (χ3v) is 2.31. The minimum Gasteiger partial charge on any atom is -0.494 e. The molecule has 0 radical (unpaired) electrons. The molecule has 1 aromatic rings. The van der Waals surface area contributed by atoms with Gasteiger partial charge in [-0.3, -0.25) is 4.79 Å². The number of hydrogen-bond donors (Lipinski definition) is 3. The summed E-state index contributed by atoms with van der Waals surface area (Å²) < 4.78 is 5.16. The molecule has 3 N–H and O–H groups in total. The standard InChI is InChI=1S/C13H19N3O3/c1-4-7-14-13(18)16-10-5-6-11(15-9(2)17)12(8-10)19-3/h5-6,8H,4,7H2,1-3H3,(H,15,17)(H2,14,16,18). The van der Waals surface area contributed by atoms with E-state index in [0.29, 0.717) is 23.7 Å². The van der Waals surface area contributed by atoms with E-state index >= 15 is 0 Å². The lowest BCUT2D eigenvalue weighted by Gasteiger charge is -2.12. The van der Waals surface area contributed by atoms with Crippen LogP contribution in [0.1, 0.15) is 20.3 Å². The zero-order valence-electron chi connectivity index (χ0n) is 11.4. The molecule has 1 aromatic carbocycles. The number of carbonyl (C=O) groups is 2. The molecule has 6 nitrogen and oxygen atoms in total. The lowest BCUT2D eigenvalue weighted by Crippen LogP contribution is -2.29. The van der Waals surface area contributed by atoms with Gasteiger partial charge in [0.05, 0.1) is 12.8 Å². The first kappa shape index (κ1) is 14.8. The molecule has 0 atom stereocenters. The second-order valence-electron chi connectivity index (χ2n) is 3.98. The smallest absolute Gasteiger partial charge is 0.319 e. The molecule has 0 bridgehead atoms. The molecular formula is C13H19N3O3. The molecule has 0 saturated heterocycles. The summed E-state index contributed by atoms with van der Waals surface area (Å²) in [4.78, 5) is 22.5. The predicted molar refractivity (Wildman–Crippen MR) is 74.6 cm³/mol. The van der Waals surface area contributed by atoms with Crippen LogP contribution in [0.4, 0.5) is 16.2 Å². The highest BCUT2D eigenvalue weighted by Crippen LogP contribution is 2.27. The predicted octanol–water partition coefficient (Wildman–Crippen LogP) is 2.19. The fourth-order valence-electron chi connectivity index (χ4n) is 1.48. The second-order valence-corrected chi connectivity index (χ2v) is 3.98. The van der Waals surface area contributed by atoms with Crippen molar-refractivity contribution in [3.05, 3.63) is 18.2 Å². The molecule has 19 heavy (non-hydrogen) atoms. The Hall–Kier alpha value is -2.24. The van der Waals surface area contributed by atoms with Crippen molar-refractivity contribution in [1.29, 1.82) is 0 Å². The molecule has 0 aliphatic rings. The highest BCUT2D eigenvalue weighted by atomic mass is 16.5. The summed E-state index contributed by atoms with van der Waals surface area (Å²) in [7, 11) is 1.50. The minimum absolute atomic E-state index is 0.181. The number of anilines is 2. The van der Waals surface area contributed by atoms with Gasteiger partial charge in [0, 0.05) is 25.2 Å². The van der Waals surface area contributed by atoms with Crippen molar-refractivity contribution in [2.45, 2.75) is 20.3 Å². The molecule has 0 aliphatic carbocycles. The number of carbonyl (C=O) groups excluding carboxylic acids is 2. The van der Waals surface area contributed by atoms with E-state index < -0.39 is 0 Å². The number of rotatable bonds is 5. The average Bonchev–Trinajstić information content (AvgIpc) is 2.37. The van der Waals surface area contributed by atoms with Gasteiger partial charge in [-0.25, -0.2) is 4.79 Å². The third-order valence-electron chi connectivity index (χ3n) is 2.31. The van der Waals surface area contributed by atoms with Gasteiger partial charge < -0.3 is 20.7 Å². The lowest BCUT2D eigenvalue weighted by molar-refractivity contribution is -0.114. The Morgan fingerprint density at radius 3 is 2.58 bits per heavy atom. The van der Waals surface area contributed by atoms with Gasteiger partial charge >= 0.3 is 6.03 Å². The number of methoxy groups -OCH3 is 1. The Morgan fingerprint density at radius 1 is 1.26 bits per heavy atom. The van der Waals surface area contributed by atoms with Crippen molar-refractivity contribution < 1.29 is 14.3 Å². The first-order valence-electron chi connectivity index (χ1n) is 6.07. The molecule has 3 amide bonds. The number of ether oxygens (including phenoxy) is 1. The Balaban J connectivity index is 2.76. The summed E-state index contributed by atoms with van der Waals surface area (Å²) in [6.45, 7) is 4.02. The van der Waals surface area contributed by atoms with Crippen molar-refractivity contribution >= 4 is 23.3 Å². The summed E-state index contributed by atoms with van der Waals surface area (Å²) in [6.07, 6.45) is 0.873. The van der Waals surface area contributed by atoms with Crippen molar-refractivity contribution in [2.75, 3.05) is 24.3 Å². The Kier molecular flexibility index (Phi) is 5.66. The third kappa shape index (κ3) is 4.87. The van der Waals surface area contributed by atoms with Crippen LogP contribution >= 0.6 is 0 Å². The van der Waals surface area contributed by atoms with Gasteiger partial charge in [0.15, 0.2) is 0 Å². The van der Waals surface area contributed by atoms with E-state index in [1.807, 2.05) is 6.92 Å². The van der Waals surface area contributed by atoms with E-state index in [9.17, 15) is 9.59 Å². The summed E-state index contributed by atoms with van der Waals surface area (Å²) in [5, 5.41) is 8.04. The molecular weight excluding hydrogens is 246 g/mol. The van der Waals surface area contributed by atoms with Crippen LogP contribution in [0.3, 0.4) is 0 Å². The fraction of sp³-hybridized carbons (Fsp3) is 0.385. The van der Waals surface area contributed by atoms with E-state index in [2.05, 4.69) is 16.0 Å². The SMILES string of the molecule is CCCNC(=O)Nc1ccc(NC(C)=O)c(OC)c1. The first-order valence-corrected chi connectivity index (χ1v) is 6.07. The molecule has 0 fully saturated rings. The van der Waals surface area contributed by atoms with Crippen LogP contribution in [0.2, 0.25) is 0 Å². The molecule has 0 saturated carbocycles. The molecule has 6 heteroatoms. The summed E-state index contributed by atoms with van der Waals surface area (Å²) in [6, 6.07) is 4.75. The maximum Gasteiger partial charge on any atom is 0.319 e. The van der Waals surface area contributed by atoms with Crippen LogP contribution in [0.25, 0.3) is 0 Å². The molecule has 104 valence electrons. The summed E-state index contributed by atoms with van der Waals surface area (Å²) in [5.74, 6) is 0.309. The molecule has 0 unspecified atom stereocenters. The zero-order chi connectivity index (χ0) is 14.3. The maximum atomic E-state index is 11.5. The highest BCUT2D eigenvalue weighted by molar-refractivity contribution is 5.93. The van der Waals surface area contributed by atoms with Gasteiger partial charge in [0.2, 0.25) is 5.91 Å². The van der Waals surface area contributed by atoms with Gasteiger partial charge in [-0.05, 0) is 18.6 Å². The zero-order valence-corrected chi connectivity index (χ0v) is 11.4. The highest BCUT2D eigenvalue weighted by Gasteiger charge is 2.07. The number of urea groups is 1. The second kappa shape index (κ2) is 7.25. The van der Waals surface area contributed by atoms with Crippen LogP contribution in [0.5, 0.6) is 5.75 Å². The molecule has 0 aromatic heterocycles. The minimum atomic E-state index is -0.267. The topological polar surface area (TPSA) is 79.5 Å². The van der Waals surface area contributed by atoms with Crippen LogP contribution < -0.4 is 20.7 Å². The van der Waals surface area contributed by atoms with E-state index in [1.165, 1.54) is 14.0 Å². The normalized spacial score (nSPS) is 9.63. The van der Waals surface area contributed by atoms with Crippen LogP contribution in [0.15, 0.2) is 18.2 Å². The van der Waals surface area contributed by atoms with E-state index in [4.69, 9.17) is 4.74 Å². The molecule has 1 rings (SSSR count). The fourth-order valence-corrected chi connectivity index (χ4v) is 1.48. The van der Waals surface area contributed by atoms with E-state index in [1.54, 1.807) is 18.2 Å². The summed E-state index contributed by atoms with van der Waals surface area (Å²) in [5.41, 5.74) is 1.16. The molecule has 0 heterocycles. The number of hydrogen-bond acceptors (Lipinski definition) is 3. The first-order chi connectivity index (χ1) is 9.06. The van der Waals surface area contributed by atoms with Crippen LogP contribution in [-0.2, 0) is 4.79 Å². The van der Waals surface area contributed by atoms with E-state index in [0.717, 1.165) is 6.42 Å². The number of nitrogens with one attached hydrogen (secondary N) is 3. The summed E-state index contributed by atoms with van der Waals surface area (Å²) >= 11 is 0. The van der Waals surface area contributed by atoms with Gasteiger partial charge in [0.25, 0.3) is 0 Å². The van der Waals surface area contributed by atoms with Crippen molar-refractivity contribution in [3.8, 4) is 5.75 Å². The quantitative estimate of drug-likeness (QED) is 0.763. The molecule has 0 spiro atoms. The van der Waals surface area contributed by atoms with Crippen molar-refractivity contribution in [1.82, 2.24) is 5.32 Å². The van der Waals surface area contributed by atoms with Gasteiger partial charge in [0.1, 0.15) is 5.75 Å². The largest absolute Gasteiger partial charge is 0.494 e. The van der Waals surface area contributed by atoms with Crippen molar-refractivity contribution in [2.24, 2.45) is 0 Å². The van der Waals surface area contributed by atoms with Gasteiger partial charge in [-0.1, -0.05) is 6.92 Å². The van der Waals surface area contributed by atoms with Gasteiger partial charge in [-0.15, -0.1) is 0 Å². The Morgan fingerprint density at radius 2 is 2.00 bits per heavy atom. The average molecular weight is 265 g/mol. The van der Waals surface area contributed by atoms with Crippen LogP contribution in [-0.4, -0.2) is 25.6 Å². The Bertz CT molecular complexity index is 460. The lowest BCUT2D eigenvalue weighted by atomic mass is 10.2. The van der Waals surface area contributed by atoms with Crippen molar-refractivity contribution in [3.63, 3.8) is 0 Å². The van der Waals surface area contributed by atoms with Crippen LogP contribution in [0, 0.1) is 0 Å². The number of benzene rings is 1. The molecule has 0 aliphatic heterocycles. The van der Waals surface area contributed by atoms with E-state index in [-0.39, 0.29) is 11.9 Å². The number of amides is 3.